The van der Waals surface area contributed by atoms with Crippen molar-refractivity contribution in [1.29, 1.82) is 0 Å². The number of aromatic amines is 1. The van der Waals surface area contributed by atoms with Gasteiger partial charge in [0.15, 0.2) is 5.82 Å². The van der Waals surface area contributed by atoms with Crippen molar-refractivity contribution in [2.24, 2.45) is 5.10 Å². The van der Waals surface area contributed by atoms with Gasteiger partial charge >= 0.3 is 5.97 Å². The third-order valence-corrected chi connectivity index (χ3v) is 3.74. The highest BCUT2D eigenvalue weighted by molar-refractivity contribution is 7.71. The molecule has 0 unspecified atom stereocenters. The minimum atomic E-state index is -0.973. The lowest BCUT2D eigenvalue weighted by molar-refractivity contribution is 0.0697. The molecule has 25 heavy (non-hydrogen) atoms. The van der Waals surface area contributed by atoms with E-state index in [9.17, 15) is 4.79 Å². The van der Waals surface area contributed by atoms with Gasteiger partial charge in [0.1, 0.15) is 5.75 Å². The van der Waals surface area contributed by atoms with Gasteiger partial charge < -0.3 is 9.84 Å². The third-order valence-electron chi connectivity index (χ3n) is 3.48. The molecule has 8 heteroatoms. The molecule has 0 spiro atoms. The third kappa shape index (κ3) is 3.48. The average Bonchev–Trinajstić information content (AvgIpc) is 3.00. The lowest BCUT2D eigenvalue weighted by atomic mass is 10.1. The van der Waals surface area contributed by atoms with Crippen molar-refractivity contribution in [2.75, 3.05) is 7.11 Å². The van der Waals surface area contributed by atoms with Crippen molar-refractivity contribution in [1.82, 2.24) is 14.9 Å². The van der Waals surface area contributed by atoms with Crippen molar-refractivity contribution in [3.8, 4) is 17.1 Å². The molecule has 2 N–H and O–H groups in total. The van der Waals surface area contributed by atoms with Gasteiger partial charge in [0.25, 0.3) is 0 Å². The van der Waals surface area contributed by atoms with Crippen molar-refractivity contribution >= 4 is 24.4 Å². The first-order valence-corrected chi connectivity index (χ1v) is 7.69. The number of carboxylic acid groups (broad SMARTS) is 1. The number of carboxylic acids is 1. The number of carbonyl (C=O) groups is 1. The molecule has 1 aromatic heterocycles. The zero-order valence-corrected chi connectivity index (χ0v) is 14.0. The van der Waals surface area contributed by atoms with Gasteiger partial charge in [-0.05, 0) is 42.0 Å². The van der Waals surface area contributed by atoms with Gasteiger partial charge in [-0.1, -0.05) is 24.3 Å². The zero-order chi connectivity index (χ0) is 17.8. The predicted molar refractivity (Wildman–Crippen MR) is 95.8 cm³/mol. The molecule has 0 saturated carbocycles. The number of aromatic carboxylic acids is 1. The van der Waals surface area contributed by atoms with Crippen LogP contribution in [0.1, 0.15) is 15.9 Å². The maximum atomic E-state index is 10.9. The van der Waals surface area contributed by atoms with Crippen LogP contribution in [0.2, 0.25) is 0 Å². The Hall–Kier alpha value is -3.26. The maximum absolute atomic E-state index is 10.9. The molecule has 2 aromatic carbocycles. The Labute approximate surface area is 148 Å². The molecule has 0 aliphatic carbocycles. The lowest BCUT2D eigenvalue weighted by Crippen LogP contribution is -1.98. The van der Waals surface area contributed by atoms with E-state index < -0.39 is 5.97 Å². The number of hydrogen-bond donors (Lipinski definition) is 2. The van der Waals surface area contributed by atoms with Crippen LogP contribution in [0, 0.1) is 4.77 Å². The number of ether oxygens (including phenoxy) is 1. The molecule has 0 bridgehead atoms. The molecule has 7 nitrogen and oxygen atoms in total. The van der Waals surface area contributed by atoms with Crippen LogP contribution >= 0.6 is 12.2 Å². The summed E-state index contributed by atoms with van der Waals surface area (Å²) in [6, 6.07) is 13.8. The maximum Gasteiger partial charge on any atom is 0.335 e. The molecule has 0 aliphatic heterocycles. The Morgan fingerprint density at radius 3 is 2.68 bits per heavy atom. The molecule has 3 aromatic rings. The number of benzene rings is 2. The number of H-pyrrole nitrogens is 1. The quantitative estimate of drug-likeness (QED) is 0.542. The smallest absolute Gasteiger partial charge is 0.335 e. The lowest BCUT2D eigenvalue weighted by Gasteiger charge is -2.06. The van der Waals surface area contributed by atoms with Gasteiger partial charge in [0, 0.05) is 0 Å². The van der Waals surface area contributed by atoms with Crippen molar-refractivity contribution < 1.29 is 14.6 Å². The molecule has 0 atom stereocenters. The fourth-order valence-corrected chi connectivity index (χ4v) is 2.42. The van der Waals surface area contributed by atoms with Crippen LogP contribution in [0.15, 0.2) is 53.6 Å². The van der Waals surface area contributed by atoms with E-state index in [1.807, 2.05) is 24.3 Å². The number of nitrogens with one attached hydrogen (secondary N) is 1. The Morgan fingerprint density at radius 2 is 2.00 bits per heavy atom. The van der Waals surface area contributed by atoms with Crippen molar-refractivity contribution in [2.45, 2.75) is 0 Å². The molecular weight excluding hydrogens is 340 g/mol. The summed E-state index contributed by atoms with van der Waals surface area (Å²) in [4.78, 5) is 10.9. The van der Waals surface area contributed by atoms with Gasteiger partial charge in [-0.3, -0.25) is 0 Å². The Balaban J connectivity index is 1.97. The highest BCUT2D eigenvalue weighted by atomic mass is 32.1. The van der Waals surface area contributed by atoms with Crippen molar-refractivity contribution in [3.63, 3.8) is 0 Å². The average molecular weight is 354 g/mol. The minimum Gasteiger partial charge on any atom is -0.496 e. The first kappa shape index (κ1) is 16.6. The van der Waals surface area contributed by atoms with Crippen LogP contribution in [0.25, 0.3) is 11.4 Å². The van der Waals surface area contributed by atoms with E-state index in [1.54, 1.807) is 25.5 Å². The number of nitrogens with zero attached hydrogens (tertiary/aromatic N) is 3. The van der Waals surface area contributed by atoms with Crippen LogP contribution in [0.5, 0.6) is 5.75 Å². The highest BCUT2D eigenvalue weighted by Crippen LogP contribution is 2.27. The van der Waals surface area contributed by atoms with Crippen LogP contribution in [0.3, 0.4) is 0 Å². The number of aromatic nitrogens is 3. The van der Waals surface area contributed by atoms with E-state index in [4.69, 9.17) is 22.1 Å². The largest absolute Gasteiger partial charge is 0.496 e. The second-order valence-corrected chi connectivity index (χ2v) is 5.42. The standard InChI is InChI=1S/C17H14N4O3S/c1-24-14-5-3-2-4-13(14)15-19-20-17(25)21(15)18-10-11-6-8-12(9-7-11)16(22)23/h2-10H,1H3,(H,20,25)(H,22,23). The summed E-state index contributed by atoms with van der Waals surface area (Å²) in [6.45, 7) is 0. The second-order valence-electron chi connectivity index (χ2n) is 5.04. The van der Waals surface area contributed by atoms with Crippen molar-refractivity contribution in [3.05, 3.63) is 64.4 Å². The monoisotopic (exact) mass is 354 g/mol. The fourth-order valence-electron chi connectivity index (χ4n) is 2.24. The summed E-state index contributed by atoms with van der Waals surface area (Å²) in [5.74, 6) is 0.193. The Bertz CT molecular complexity index is 990. The van der Waals surface area contributed by atoms with Crippen LogP contribution in [-0.2, 0) is 0 Å². The number of para-hydroxylation sites is 1. The van der Waals surface area contributed by atoms with E-state index in [-0.39, 0.29) is 5.56 Å². The molecule has 0 radical (unpaired) electrons. The summed E-state index contributed by atoms with van der Waals surface area (Å²) < 4.78 is 7.17. The van der Waals surface area contributed by atoms with Gasteiger partial charge in [-0.2, -0.15) is 14.9 Å². The van der Waals surface area contributed by atoms with Gasteiger partial charge in [0.05, 0.1) is 24.5 Å². The molecule has 0 aliphatic rings. The molecule has 0 amide bonds. The molecular formula is C17H14N4O3S. The topological polar surface area (TPSA) is 92.5 Å². The van der Waals surface area contributed by atoms with Crippen LogP contribution in [-0.4, -0.2) is 39.3 Å². The van der Waals surface area contributed by atoms with Gasteiger partial charge in [-0.25, -0.2) is 9.89 Å². The molecule has 3 rings (SSSR count). The molecule has 1 heterocycles. The number of hydrogen-bond acceptors (Lipinski definition) is 5. The Kier molecular flexibility index (Phi) is 4.71. The predicted octanol–water partition coefficient (Wildman–Crippen LogP) is 3.20. The minimum absolute atomic E-state index is 0.215. The van der Waals surface area contributed by atoms with Gasteiger partial charge in [-0.15, -0.1) is 0 Å². The number of methoxy groups -OCH3 is 1. The second kappa shape index (κ2) is 7.10. The van der Waals surface area contributed by atoms with Crippen LogP contribution in [0.4, 0.5) is 0 Å². The summed E-state index contributed by atoms with van der Waals surface area (Å²) in [7, 11) is 1.58. The van der Waals surface area contributed by atoms with Crippen LogP contribution < -0.4 is 4.74 Å². The van der Waals surface area contributed by atoms with E-state index in [1.165, 1.54) is 16.8 Å². The summed E-state index contributed by atoms with van der Waals surface area (Å²) >= 11 is 5.24. The summed E-state index contributed by atoms with van der Waals surface area (Å²) in [6.07, 6.45) is 1.58. The number of rotatable bonds is 5. The fraction of sp³-hybridized carbons (Fsp3) is 0.0588. The van der Waals surface area contributed by atoms with Gasteiger partial charge in [0.2, 0.25) is 4.77 Å². The SMILES string of the molecule is COc1ccccc1-c1n[nH]c(=S)n1N=Cc1ccc(C(=O)O)cc1. The summed E-state index contributed by atoms with van der Waals surface area (Å²) in [5.41, 5.74) is 1.70. The highest BCUT2D eigenvalue weighted by Gasteiger charge is 2.12. The first-order chi connectivity index (χ1) is 12.1. The van der Waals surface area contributed by atoms with E-state index in [2.05, 4.69) is 15.3 Å². The normalized spacial score (nSPS) is 10.9. The summed E-state index contributed by atoms with van der Waals surface area (Å²) in [5, 5.41) is 20.2. The molecule has 126 valence electrons. The van der Waals surface area contributed by atoms with E-state index in [0.29, 0.717) is 16.3 Å². The first-order valence-electron chi connectivity index (χ1n) is 7.28. The van der Waals surface area contributed by atoms with E-state index >= 15 is 0 Å². The molecule has 0 fully saturated rings. The van der Waals surface area contributed by atoms with E-state index in [0.717, 1.165) is 11.1 Å². The molecule has 0 saturated heterocycles. The Morgan fingerprint density at radius 1 is 1.28 bits per heavy atom. The zero-order valence-electron chi connectivity index (χ0n) is 13.2.